The summed E-state index contributed by atoms with van der Waals surface area (Å²) in [5.41, 5.74) is -0.640. The van der Waals surface area contributed by atoms with E-state index in [9.17, 15) is 14.0 Å². The van der Waals surface area contributed by atoms with Crippen LogP contribution in [0.15, 0.2) is 18.2 Å². The summed E-state index contributed by atoms with van der Waals surface area (Å²) in [4.78, 5) is 24.7. The fourth-order valence-electron chi connectivity index (χ4n) is 5.98. The monoisotopic (exact) mass is 379 g/mol. The van der Waals surface area contributed by atoms with Crippen LogP contribution in [0.25, 0.3) is 0 Å². The lowest BCUT2D eigenvalue weighted by Gasteiger charge is -2.60. The smallest absolute Gasteiger partial charge is 0.312 e. The van der Waals surface area contributed by atoms with Gasteiger partial charge < -0.3 is 10.1 Å². The fourth-order valence-corrected chi connectivity index (χ4v) is 6.20. The van der Waals surface area contributed by atoms with Crippen LogP contribution < -0.4 is 5.32 Å². The summed E-state index contributed by atoms with van der Waals surface area (Å²) in [6, 6.07) is 4.43. The molecule has 0 aliphatic heterocycles. The summed E-state index contributed by atoms with van der Waals surface area (Å²) in [6.45, 7) is 1.37. The van der Waals surface area contributed by atoms with Gasteiger partial charge in [0.05, 0.1) is 10.4 Å². The molecule has 1 aromatic rings. The molecule has 0 spiro atoms. The van der Waals surface area contributed by atoms with Gasteiger partial charge in [-0.05, 0) is 62.5 Å². The van der Waals surface area contributed by atoms with Crippen LogP contribution in [0.2, 0.25) is 5.02 Å². The van der Waals surface area contributed by atoms with E-state index in [4.69, 9.17) is 16.3 Å². The maximum atomic E-state index is 13.9. The number of nitrogens with one attached hydrogen (secondary N) is 1. The molecule has 4 saturated carbocycles. The molecule has 4 nitrogen and oxygen atoms in total. The van der Waals surface area contributed by atoms with E-state index < -0.39 is 11.2 Å². The second-order valence-electron chi connectivity index (χ2n) is 8.48. The zero-order valence-electron chi connectivity index (χ0n) is 14.8. The van der Waals surface area contributed by atoms with Crippen molar-refractivity contribution in [1.82, 2.24) is 5.32 Å². The van der Waals surface area contributed by atoms with Gasteiger partial charge in [-0.2, -0.15) is 0 Å². The molecule has 0 aromatic heterocycles. The van der Waals surface area contributed by atoms with Crippen LogP contribution >= 0.6 is 11.6 Å². The average molecular weight is 380 g/mol. The lowest BCUT2D eigenvalue weighted by Crippen LogP contribution is -2.64. The van der Waals surface area contributed by atoms with Gasteiger partial charge in [0, 0.05) is 18.0 Å². The zero-order chi connectivity index (χ0) is 18.5. The highest BCUT2D eigenvalue weighted by molar-refractivity contribution is 6.31. The quantitative estimate of drug-likeness (QED) is 0.804. The lowest BCUT2D eigenvalue weighted by molar-refractivity contribution is -0.177. The highest BCUT2D eigenvalue weighted by atomic mass is 35.5. The average Bonchev–Trinajstić information content (AvgIpc) is 2.51. The van der Waals surface area contributed by atoms with Crippen molar-refractivity contribution in [3.8, 4) is 0 Å². The third-order valence-electron chi connectivity index (χ3n) is 6.34. The SMILES string of the molecule is CC(=O)NC12C[C@@H]3C[C@@H](C1)CC(C(=O)OCc1c(F)cccc1Cl)(C3)C2. The van der Waals surface area contributed by atoms with Crippen LogP contribution in [-0.2, 0) is 20.9 Å². The van der Waals surface area contributed by atoms with Crippen molar-refractivity contribution in [2.75, 3.05) is 0 Å². The van der Waals surface area contributed by atoms with E-state index in [1.54, 1.807) is 6.07 Å². The molecule has 140 valence electrons. The first-order valence-electron chi connectivity index (χ1n) is 9.20. The predicted molar refractivity (Wildman–Crippen MR) is 94.9 cm³/mol. The second-order valence-corrected chi connectivity index (χ2v) is 8.89. The van der Waals surface area contributed by atoms with E-state index in [1.165, 1.54) is 19.1 Å². The molecule has 6 heteroatoms. The molecule has 1 amide bonds. The topological polar surface area (TPSA) is 55.4 Å². The number of halogens is 2. The van der Waals surface area contributed by atoms with Crippen molar-refractivity contribution in [1.29, 1.82) is 0 Å². The number of rotatable bonds is 4. The van der Waals surface area contributed by atoms with Crippen LogP contribution in [0.1, 0.15) is 51.0 Å². The molecular formula is C20H23ClFNO3. The standard InChI is InChI=1S/C20H23ClFNO3/c1-12(24)23-20-8-13-5-14(9-20)7-19(6-13,11-20)18(25)26-10-15-16(21)3-2-4-17(15)22/h2-4,13-14H,5-11H2,1H3,(H,23,24)/t13-,14-,19?,20?/m1/s1. The molecule has 4 bridgehead atoms. The number of ether oxygens (including phenoxy) is 1. The molecule has 0 unspecified atom stereocenters. The third kappa shape index (κ3) is 3.00. The van der Waals surface area contributed by atoms with Crippen molar-refractivity contribution >= 4 is 23.5 Å². The molecule has 26 heavy (non-hydrogen) atoms. The summed E-state index contributed by atoms with van der Waals surface area (Å²) < 4.78 is 19.5. The Morgan fingerprint density at radius 2 is 1.96 bits per heavy atom. The van der Waals surface area contributed by atoms with Crippen molar-refractivity contribution in [2.45, 2.75) is 57.6 Å². The van der Waals surface area contributed by atoms with Crippen molar-refractivity contribution in [3.63, 3.8) is 0 Å². The van der Waals surface area contributed by atoms with E-state index >= 15 is 0 Å². The minimum absolute atomic E-state index is 0.0476. The molecule has 4 aliphatic rings. The van der Waals surface area contributed by atoms with Gasteiger partial charge in [-0.1, -0.05) is 17.7 Å². The molecule has 4 fully saturated rings. The predicted octanol–water partition coefficient (Wildman–Crippen LogP) is 4.00. The minimum Gasteiger partial charge on any atom is -0.460 e. The fraction of sp³-hybridized carbons (Fsp3) is 0.600. The molecule has 1 aromatic carbocycles. The van der Waals surface area contributed by atoms with E-state index in [0.29, 0.717) is 18.3 Å². The Kier molecular flexibility index (Phi) is 4.25. The van der Waals surface area contributed by atoms with Gasteiger partial charge in [0.2, 0.25) is 5.91 Å². The van der Waals surface area contributed by atoms with E-state index in [2.05, 4.69) is 5.32 Å². The third-order valence-corrected chi connectivity index (χ3v) is 6.70. The molecule has 2 atom stereocenters. The summed E-state index contributed by atoms with van der Waals surface area (Å²) in [6.07, 6.45) is 5.23. The van der Waals surface area contributed by atoms with Gasteiger partial charge in [0.25, 0.3) is 0 Å². The van der Waals surface area contributed by atoms with Crippen LogP contribution in [0.3, 0.4) is 0 Å². The normalized spacial score (nSPS) is 34.6. The van der Waals surface area contributed by atoms with Gasteiger partial charge in [-0.15, -0.1) is 0 Å². The molecule has 0 heterocycles. The number of amides is 1. The first-order valence-corrected chi connectivity index (χ1v) is 9.58. The van der Waals surface area contributed by atoms with E-state index in [-0.39, 0.29) is 34.6 Å². The molecule has 1 N–H and O–H groups in total. The molecular weight excluding hydrogens is 357 g/mol. The Hall–Kier alpha value is -1.62. The summed E-state index contributed by atoms with van der Waals surface area (Å²) >= 11 is 6.03. The Morgan fingerprint density at radius 1 is 1.27 bits per heavy atom. The van der Waals surface area contributed by atoms with Crippen molar-refractivity contribution in [2.24, 2.45) is 17.3 Å². The molecule has 5 rings (SSSR count). The number of carbonyl (C=O) groups excluding carboxylic acids is 2. The zero-order valence-corrected chi connectivity index (χ0v) is 15.6. The number of hydrogen-bond acceptors (Lipinski definition) is 3. The first kappa shape index (κ1) is 17.8. The number of esters is 1. The Morgan fingerprint density at radius 3 is 2.58 bits per heavy atom. The van der Waals surface area contributed by atoms with E-state index in [1.807, 2.05) is 0 Å². The van der Waals surface area contributed by atoms with Crippen LogP contribution in [0, 0.1) is 23.1 Å². The number of benzene rings is 1. The van der Waals surface area contributed by atoms with Gasteiger partial charge in [0.1, 0.15) is 12.4 Å². The van der Waals surface area contributed by atoms with Crippen LogP contribution in [0.4, 0.5) is 4.39 Å². The minimum atomic E-state index is -0.565. The second kappa shape index (κ2) is 6.22. The summed E-state index contributed by atoms with van der Waals surface area (Å²) in [5, 5.41) is 3.39. The summed E-state index contributed by atoms with van der Waals surface area (Å²) in [7, 11) is 0. The number of hydrogen-bond donors (Lipinski definition) is 1. The molecule has 4 aliphatic carbocycles. The van der Waals surface area contributed by atoms with Crippen LogP contribution in [-0.4, -0.2) is 17.4 Å². The van der Waals surface area contributed by atoms with Crippen molar-refractivity contribution < 1.29 is 18.7 Å². The highest BCUT2D eigenvalue weighted by Crippen LogP contribution is 2.62. The Balaban J connectivity index is 1.53. The maximum absolute atomic E-state index is 13.9. The van der Waals surface area contributed by atoms with E-state index in [0.717, 1.165) is 32.1 Å². The van der Waals surface area contributed by atoms with Crippen LogP contribution in [0.5, 0.6) is 0 Å². The van der Waals surface area contributed by atoms with Gasteiger partial charge >= 0.3 is 5.97 Å². The Labute approximate surface area is 157 Å². The van der Waals surface area contributed by atoms with Crippen molar-refractivity contribution in [3.05, 3.63) is 34.6 Å². The molecule has 0 saturated heterocycles. The maximum Gasteiger partial charge on any atom is 0.312 e. The van der Waals surface area contributed by atoms with Gasteiger partial charge in [0.15, 0.2) is 0 Å². The van der Waals surface area contributed by atoms with Gasteiger partial charge in [-0.3, -0.25) is 9.59 Å². The largest absolute Gasteiger partial charge is 0.460 e. The first-order chi connectivity index (χ1) is 12.3. The van der Waals surface area contributed by atoms with Gasteiger partial charge in [-0.25, -0.2) is 4.39 Å². The lowest BCUT2D eigenvalue weighted by atomic mass is 9.47. The highest BCUT2D eigenvalue weighted by Gasteiger charge is 2.61. The number of carbonyl (C=O) groups is 2. The Bertz CT molecular complexity index is 731. The molecule has 0 radical (unpaired) electrons. The summed E-state index contributed by atoms with van der Waals surface area (Å²) in [5.74, 6) is 0.0835.